The molecule has 1 N–H and O–H groups in total. The average molecular weight is 261 g/mol. The van der Waals surface area contributed by atoms with Gasteiger partial charge >= 0.3 is 0 Å². The van der Waals surface area contributed by atoms with E-state index in [1.807, 2.05) is 0 Å². The van der Waals surface area contributed by atoms with Gasteiger partial charge in [0, 0.05) is 18.5 Å². The monoisotopic (exact) mass is 260 g/mol. The molecule has 2 aliphatic rings. The third-order valence-corrected chi connectivity index (χ3v) is 4.02. The molecule has 3 nitrogen and oxygen atoms in total. The number of hydrogen-bond donors (Lipinski definition) is 1. The number of rotatable bonds is 1. The Balaban J connectivity index is 0.00000144. The number of nitrogens with zero attached hydrogens (tertiary/aromatic N) is 1. The number of amides is 1. The standard InChI is InChI=1S/C13H24N2O.ClH/c1-11-5-3-2-4-10-15(11)13(16)12-6-8-14-9-7-12;/h11-12,14H,2-10H2,1H3;1H. The highest BCUT2D eigenvalue weighted by atomic mass is 35.5. The van der Waals surface area contributed by atoms with Crippen LogP contribution >= 0.6 is 12.4 Å². The number of carbonyl (C=O) groups is 1. The van der Waals surface area contributed by atoms with Crippen molar-refractivity contribution in [1.29, 1.82) is 0 Å². The summed E-state index contributed by atoms with van der Waals surface area (Å²) >= 11 is 0. The van der Waals surface area contributed by atoms with E-state index in [1.54, 1.807) is 0 Å². The molecule has 1 atom stereocenters. The molecule has 0 aromatic heterocycles. The fourth-order valence-electron chi connectivity index (χ4n) is 2.91. The maximum absolute atomic E-state index is 12.4. The lowest BCUT2D eigenvalue weighted by atomic mass is 9.96. The Morgan fingerprint density at radius 3 is 2.53 bits per heavy atom. The lowest BCUT2D eigenvalue weighted by Gasteiger charge is -2.32. The van der Waals surface area contributed by atoms with Gasteiger partial charge in [0.25, 0.3) is 0 Å². The van der Waals surface area contributed by atoms with E-state index in [2.05, 4.69) is 17.1 Å². The molecule has 2 heterocycles. The predicted molar refractivity (Wildman–Crippen MR) is 72.5 cm³/mol. The molecule has 0 aliphatic carbocycles. The Bertz CT molecular complexity index is 242. The maximum Gasteiger partial charge on any atom is 0.226 e. The number of hydrogen-bond acceptors (Lipinski definition) is 2. The third-order valence-electron chi connectivity index (χ3n) is 4.02. The van der Waals surface area contributed by atoms with E-state index in [4.69, 9.17) is 0 Å². The van der Waals surface area contributed by atoms with Crippen LogP contribution in [0.3, 0.4) is 0 Å². The van der Waals surface area contributed by atoms with Crippen molar-refractivity contribution in [3.8, 4) is 0 Å². The molecule has 100 valence electrons. The number of piperidine rings is 1. The van der Waals surface area contributed by atoms with E-state index in [0.717, 1.165) is 32.5 Å². The summed E-state index contributed by atoms with van der Waals surface area (Å²) in [6.45, 7) is 5.23. The molecular weight excluding hydrogens is 236 g/mol. The molecule has 1 amide bonds. The first-order valence-electron chi connectivity index (χ1n) is 6.80. The summed E-state index contributed by atoms with van der Waals surface area (Å²) in [5, 5.41) is 3.33. The Morgan fingerprint density at radius 1 is 1.12 bits per heavy atom. The van der Waals surface area contributed by atoms with Crippen molar-refractivity contribution in [3.63, 3.8) is 0 Å². The van der Waals surface area contributed by atoms with Gasteiger partial charge in [-0.2, -0.15) is 0 Å². The molecular formula is C13H25ClN2O. The first kappa shape index (κ1) is 14.8. The van der Waals surface area contributed by atoms with Crippen LogP contribution in [0.1, 0.15) is 45.4 Å². The molecule has 17 heavy (non-hydrogen) atoms. The Labute approximate surface area is 111 Å². The first-order chi connectivity index (χ1) is 7.79. The van der Waals surface area contributed by atoms with E-state index in [1.165, 1.54) is 25.7 Å². The zero-order valence-electron chi connectivity index (χ0n) is 10.8. The molecule has 2 fully saturated rings. The van der Waals surface area contributed by atoms with Gasteiger partial charge < -0.3 is 10.2 Å². The molecule has 2 aliphatic heterocycles. The van der Waals surface area contributed by atoms with Crippen LogP contribution in [-0.4, -0.2) is 36.5 Å². The van der Waals surface area contributed by atoms with Gasteiger partial charge in [0.15, 0.2) is 0 Å². The van der Waals surface area contributed by atoms with E-state index in [0.29, 0.717) is 17.9 Å². The number of nitrogens with one attached hydrogen (secondary N) is 1. The molecule has 0 aromatic carbocycles. The summed E-state index contributed by atoms with van der Waals surface area (Å²) in [6, 6.07) is 0.463. The predicted octanol–water partition coefficient (Wildman–Crippen LogP) is 2.20. The van der Waals surface area contributed by atoms with E-state index in [-0.39, 0.29) is 12.4 Å². The minimum atomic E-state index is 0. The SMILES string of the molecule is CC1CCCCCN1C(=O)C1CCNCC1.Cl. The van der Waals surface area contributed by atoms with Crippen molar-refractivity contribution in [3.05, 3.63) is 0 Å². The van der Waals surface area contributed by atoms with Crippen molar-refractivity contribution in [1.82, 2.24) is 10.2 Å². The molecule has 2 rings (SSSR count). The molecule has 0 spiro atoms. The highest BCUT2D eigenvalue weighted by Crippen LogP contribution is 2.22. The van der Waals surface area contributed by atoms with Gasteiger partial charge in [0.2, 0.25) is 5.91 Å². The summed E-state index contributed by atoms with van der Waals surface area (Å²) in [5.74, 6) is 0.720. The highest BCUT2D eigenvalue weighted by molar-refractivity contribution is 5.85. The second-order valence-corrected chi connectivity index (χ2v) is 5.25. The smallest absolute Gasteiger partial charge is 0.226 e. The van der Waals surface area contributed by atoms with Crippen LogP contribution in [0.15, 0.2) is 0 Å². The highest BCUT2D eigenvalue weighted by Gasteiger charge is 2.29. The Morgan fingerprint density at radius 2 is 1.82 bits per heavy atom. The Kier molecular flexibility index (Phi) is 6.28. The van der Waals surface area contributed by atoms with Crippen LogP contribution in [-0.2, 0) is 4.79 Å². The minimum Gasteiger partial charge on any atom is -0.340 e. The van der Waals surface area contributed by atoms with Gasteiger partial charge in [0.05, 0.1) is 0 Å². The van der Waals surface area contributed by atoms with Crippen LogP contribution < -0.4 is 5.32 Å². The zero-order valence-corrected chi connectivity index (χ0v) is 11.6. The summed E-state index contributed by atoms with van der Waals surface area (Å²) in [6.07, 6.45) is 7.03. The number of likely N-dealkylation sites (tertiary alicyclic amines) is 1. The van der Waals surface area contributed by atoms with Crippen molar-refractivity contribution in [2.45, 2.75) is 51.5 Å². The lowest BCUT2D eigenvalue weighted by Crippen LogP contribution is -2.44. The molecule has 4 heteroatoms. The van der Waals surface area contributed by atoms with Gasteiger partial charge in [-0.15, -0.1) is 12.4 Å². The van der Waals surface area contributed by atoms with E-state index >= 15 is 0 Å². The first-order valence-corrected chi connectivity index (χ1v) is 6.80. The van der Waals surface area contributed by atoms with E-state index < -0.39 is 0 Å². The van der Waals surface area contributed by atoms with Crippen molar-refractivity contribution in [2.75, 3.05) is 19.6 Å². The normalized spacial score (nSPS) is 27.1. The molecule has 0 bridgehead atoms. The summed E-state index contributed by atoms with van der Waals surface area (Å²) < 4.78 is 0. The zero-order chi connectivity index (χ0) is 11.4. The number of halogens is 1. The lowest BCUT2D eigenvalue weighted by molar-refractivity contribution is -0.138. The molecule has 0 aromatic rings. The molecule has 2 saturated heterocycles. The van der Waals surface area contributed by atoms with E-state index in [9.17, 15) is 4.79 Å². The van der Waals surface area contributed by atoms with Crippen LogP contribution in [0, 0.1) is 5.92 Å². The van der Waals surface area contributed by atoms with Gasteiger partial charge in [-0.1, -0.05) is 12.8 Å². The summed E-state index contributed by atoms with van der Waals surface area (Å²) in [5.41, 5.74) is 0. The molecule has 1 unspecified atom stereocenters. The van der Waals surface area contributed by atoms with Crippen molar-refractivity contribution < 1.29 is 4.79 Å². The largest absolute Gasteiger partial charge is 0.340 e. The summed E-state index contributed by atoms with van der Waals surface area (Å²) in [4.78, 5) is 14.6. The topological polar surface area (TPSA) is 32.3 Å². The minimum absolute atomic E-state index is 0. The maximum atomic E-state index is 12.4. The second-order valence-electron chi connectivity index (χ2n) is 5.25. The molecule has 0 radical (unpaired) electrons. The van der Waals surface area contributed by atoms with Crippen LogP contribution in [0.5, 0.6) is 0 Å². The van der Waals surface area contributed by atoms with Gasteiger partial charge in [-0.25, -0.2) is 0 Å². The van der Waals surface area contributed by atoms with Gasteiger partial charge in [-0.3, -0.25) is 4.79 Å². The third kappa shape index (κ3) is 3.85. The van der Waals surface area contributed by atoms with Crippen molar-refractivity contribution >= 4 is 18.3 Å². The number of carbonyl (C=O) groups excluding carboxylic acids is 1. The average Bonchev–Trinajstić information content (AvgIpc) is 2.54. The van der Waals surface area contributed by atoms with Crippen LogP contribution in [0.2, 0.25) is 0 Å². The fraction of sp³-hybridized carbons (Fsp3) is 0.923. The quantitative estimate of drug-likeness (QED) is 0.784. The second kappa shape index (κ2) is 7.22. The van der Waals surface area contributed by atoms with Crippen LogP contribution in [0.4, 0.5) is 0 Å². The van der Waals surface area contributed by atoms with Crippen LogP contribution in [0.25, 0.3) is 0 Å². The fourth-order valence-corrected chi connectivity index (χ4v) is 2.91. The summed E-state index contributed by atoms with van der Waals surface area (Å²) in [7, 11) is 0. The molecule has 0 saturated carbocycles. The van der Waals surface area contributed by atoms with Gasteiger partial charge in [-0.05, 0) is 45.7 Å². The van der Waals surface area contributed by atoms with Gasteiger partial charge in [0.1, 0.15) is 0 Å². The van der Waals surface area contributed by atoms with Crippen molar-refractivity contribution in [2.24, 2.45) is 5.92 Å². The Hall–Kier alpha value is -0.280.